The molecule has 1 aliphatic heterocycles. The van der Waals surface area contributed by atoms with E-state index in [-0.39, 0.29) is 30.8 Å². The minimum absolute atomic E-state index is 0.0221. The molecule has 9 heteroatoms. The van der Waals surface area contributed by atoms with Crippen LogP contribution in [0.4, 0.5) is 13.2 Å². The van der Waals surface area contributed by atoms with Gasteiger partial charge >= 0.3 is 6.18 Å². The van der Waals surface area contributed by atoms with Gasteiger partial charge < -0.3 is 14.6 Å². The van der Waals surface area contributed by atoms with E-state index in [4.69, 9.17) is 4.42 Å². The number of halogens is 3. The van der Waals surface area contributed by atoms with Gasteiger partial charge in [-0.15, -0.1) is 0 Å². The normalized spacial score (nSPS) is 26.5. The van der Waals surface area contributed by atoms with Crippen molar-refractivity contribution in [2.75, 3.05) is 0 Å². The zero-order valence-corrected chi connectivity index (χ0v) is 18.2. The van der Waals surface area contributed by atoms with Gasteiger partial charge in [0.1, 0.15) is 5.76 Å². The van der Waals surface area contributed by atoms with Crippen LogP contribution in [0.25, 0.3) is 0 Å². The first-order valence-corrected chi connectivity index (χ1v) is 11.0. The van der Waals surface area contributed by atoms with Crippen molar-refractivity contribution in [2.45, 2.75) is 77.1 Å². The van der Waals surface area contributed by atoms with Crippen molar-refractivity contribution >= 4 is 17.6 Å². The van der Waals surface area contributed by atoms with E-state index in [9.17, 15) is 27.6 Å². The molecular weight excluding hydrogens is 425 g/mol. The van der Waals surface area contributed by atoms with Gasteiger partial charge in [-0.1, -0.05) is 33.1 Å². The third kappa shape index (κ3) is 3.65. The molecule has 1 N–H and O–H groups in total. The Kier molecular flexibility index (Phi) is 5.49. The van der Waals surface area contributed by atoms with Crippen LogP contribution >= 0.6 is 0 Å². The van der Waals surface area contributed by atoms with E-state index in [0.717, 1.165) is 24.2 Å². The Bertz CT molecular complexity index is 958. The Labute approximate surface area is 184 Å². The van der Waals surface area contributed by atoms with E-state index in [0.29, 0.717) is 12.8 Å². The monoisotopic (exact) mass is 452 g/mol. The Morgan fingerprint density at radius 3 is 2.47 bits per heavy atom. The van der Waals surface area contributed by atoms with E-state index in [1.165, 1.54) is 6.26 Å². The van der Waals surface area contributed by atoms with Crippen LogP contribution in [0.1, 0.15) is 64.6 Å². The molecule has 1 aromatic heterocycles. The highest BCUT2D eigenvalue weighted by atomic mass is 19.4. The third-order valence-electron chi connectivity index (χ3n) is 6.73. The van der Waals surface area contributed by atoms with Gasteiger partial charge in [0.2, 0.25) is 11.4 Å². The summed E-state index contributed by atoms with van der Waals surface area (Å²) in [5.41, 5.74) is -4.59. The number of hydrogen-bond donors (Lipinski definition) is 1. The summed E-state index contributed by atoms with van der Waals surface area (Å²) >= 11 is 0. The van der Waals surface area contributed by atoms with Gasteiger partial charge in [0.15, 0.2) is 5.78 Å². The molecule has 2 amide bonds. The molecule has 0 aromatic carbocycles. The van der Waals surface area contributed by atoms with Crippen molar-refractivity contribution in [3.8, 4) is 0 Å². The zero-order valence-electron chi connectivity index (χ0n) is 18.2. The average Bonchev–Trinajstić information content (AvgIpc) is 3.29. The molecule has 6 nitrogen and oxygen atoms in total. The fraction of sp³-hybridized carbons (Fsp3) is 0.609. The number of carbonyl (C=O) groups is 3. The maximum absolute atomic E-state index is 14.7. The molecule has 4 rings (SSSR count). The Morgan fingerprint density at radius 1 is 1.19 bits per heavy atom. The number of alkyl halides is 3. The van der Waals surface area contributed by atoms with E-state index in [2.05, 4.69) is 5.32 Å². The molecule has 2 aliphatic carbocycles. The molecule has 0 spiro atoms. The molecule has 1 saturated carbocycles. The summed E-state index contributed by atoms with van der Waals surface area (Å²) in [5, 5.41) is 2.05. The van der Waals surface area contributed by atoms with Gasteiger partial charge in [-0.2, -0.15) is 13.2 Å². The number of hydrogen-bond acceptors (Lipinski definition) is 4. The van der Waals surface area contributed by atoms with Crippen LogP contribution in [0.5, 0.6) is 0 Å². The minimum atomic E-state index is -5.18. The molecular formula is C23H27F3N2O4. The van der Waals surface area contributed by atoms with E-state index in [1.807, 2.05) is 0 Å². The summed E-state index contributed by atoms with van der Waals surface area (Å²) in [4.78, 5) is 40.5. The molecule has 0 bridgehead atoms. The van der Waals surface area contributed by atoms with Crippen molar-refractivity contribution in [2.24, 2.45) is 11.3 Å². The number of nitrogens with one attached hydrogen (secondary N) is 1. The predicted octanol–water partition coefficient (Wildman–Crippen LogP) is 4.26. The van der Waals surface area contributed by atoms with Crippen LogP contribution in [-0.2, 0) is 20.9 Å². The summed E-state index contributed by atoms with van der Waals surface area (Å²) in [7, 11) is 0. The number of furan rings is 1. The fourth-order valence-corrected chi connectivity index (χ4v) is 5.20. The topological polar surface area (TPSA) is 79.6 Å². The lowest BCUT2D eigenvalue weighted by Gasteiger charge is -2.36. The molecule has 174 valence electrons. The summed E-state index contributed by atoms with van der Waals surface area (Å²) < 4.78 is 49.4. The van der Waals surface area contributed by atoms with E-state index >= 15 is 0 Å². The molecule has 0 radical (unpaired) electrons. The van der Waals surface area contributed by atoms with Crippen molar-refractivity contribution < 1.29 is 32.0 Å². The van der Waals surface area contributed by atoms with Gasteiger partial charge in [-0.25, -0.2) is 0 Å². The van der Waals surface area contributed by atoms with Crippen molar-refractivity contribution in [1.29, 1.82) is 0 Å². The number of nitrogens with zero attached hydrogens (tertiary/aromatic N) is 1. The largest absolute Gasteiger partial charge is 0.467 e. The number of allylic oxidation sites excluding steroid dienone is 1. The minimum Gasteiger partial charge on any atom is -0.467 e. The lowest BCUT2D eigenvalue weighted by molar-refractivity contribution is -0.195. The van der Waals surface area contributed by atoms with Gasteiger partial charge in [-0.3, -0.25) is 14.4 Å². The second-order valence-electron chi connectivity index (χ2n) is 9.81. The number of carbonyl (C=O) groups excluding carboxylic acids is 3. The van der Waals surface area contributed by atoms with Gasteiger partial charge in [0.25, 0.3) is 5.91 Å². The van der Waals surface area contributed by atoms with Crippen LogP contribution in [0, 0.1) is 11.3 Å². The molecule has 1 atom stereocenters. The summed E-state index contributed by atoms with van der Waals surface area (Å²) in [5.74, 6) is -3.24. The van der Waals surface area contributed by atoms with Gasteiger partial charge in [-0.05, 0) is 36.8 Å². The maximum Gasteiger partial charge on any atom is 0.425 e. The lowest BCUT2D eigenvalue weighted by Crippen LogP contribution is -2.67. The van der Waals surface area contributed by atoms with Gasteiger partial charge in [0.05, 0.1) is 18.4 Å². The first-order chi connectivity index (χ1) is 15.0. The molecule has 2 heterocycles. The van der Waals surface area contributed by atoms with Crippen LogP contribution in [0.3, 0.4) is 0 Å². The number of ketones is 1. The number of Topliss-reactive ketones (excluding diaryl/α,β-unsaturated/α-hetero) is 1. The first kappa shape index (κ1) is 22.6. The standard InChI is InChI=1S/C23H27F3N2O4/c1-21(2)11-16-18(17(29)12-21)22(23(24,25)26,27-19(30)14-7-4-3-5-8-14)20(31)28(16)13-15-9-6-10-32-15/h6,9-10,14H,3-5,7-8,11-13H2,1-2H3,(H,27,30)/t22-/m1/s1. The lowest BCUT2D eigenvalue weighted by atomic mass is 9.72. The van der Waals surface area contributed by atoms with Crippen molar-refractivity contribution in [3.05, 3.63) is 35.4 Å². The molecule has 1 aromatic rings. The predicted molar refractivity (Wildman–Crippen MR) is 108 cm³/mol. The molecule has 1 fully saturated rings. The van der Waals surface area contributed by atoms with Crippen molar-refractivity contribution in [3.63, 3.8) is 0 Å². The SMILES string of the molecule is CC1(C)CC(=O)C2=C(C1)N(Cc1ccco1)C(=O)[C@@]2(NC(=O)C1CCCCC1)C(F)(F)F. The Morgan fingerprint density at radius 2 is 1.88 bits per heavy atom. The quantitative estimate of drug-likeness (QED) is 0.740. The molecule has 32 heavy (non-hydrogen) atoms. The van der Waals surface area contributed by atoms with Crippen LogP contribution in [-0.4, -0.2) is 34.2 Å². The average molecular weight is 452 g/mol. The highest BCUT2D eigenvalue weighted by Gasteiger charge is 2.71. The summed E-state index contributed by atoms with van der Waals surface area (Å²) in [6, 6.07) is 3.13. The highest BCUT2D eigenvalue weighted by Crippen LogP contribution is 2.52. The third-order valence-corrected chi connectivity index (χ3v) is 6.73. The van der Waals surface area contributed by atoms with Gasteiger partial charge in [0, 0.05) is 18.0 Å². The van der Waals surface area contributed by atoms with Crippen LogP contribution in [0.15, 0.2) is 34.1 Å². The maximum atomic E-state index is 14.7. The van der Waals surface area contributed by atoms with E-state index in [1.54, 1.807) is 26.0 Å². The second-order valence-corrected chi connectivity index (χ2v) is 9.81. The highest BCUT2D eigenvalue weighted by molar-refractivity contribution is 6.13. The molecule has 3 aliphatic rings. The van der Waals surface area contributed by atoms with Crippen LogP contribution in [0.2, 0.25) is 0 Å². The second kappa shape index (κ2) is 7.78. The summed E-state index contributed by atoms with van der Waals surface area (Å²) in [6.07, 6.45) is -0.482. The number of amides is 2. The Hall–Kier alpha value is -2.58. The zero-order chi connectivity index (χ0) is 23.3. The fourth-order valence-electron chi connectivity index (χ4n) is 5.20. The summed E-state index contributed by atoms with van der Waals surface area (Å²) in [6.45, 7) is 3.31. The first-order valence-electron chi connectivity index (χ1n) is 11.0. The molecule has 0 saturated heterocycles. The van der Waals surface area contributed by atoms with Crippen molar-refractivity contribution in [1.82, 2.24) is 10.2 Å². The van der Waals surface area contributed by atoms with E-state index < -0.39 is 46.2 Å². The molecule has 0 unspecified atom stereocenters. The Balaban J connectivity index is 1.82. The number of rotatable bonds is 4. The smallest absolute Gasteiger partial charge is 0.425 e. The van der Waals surface area contributed by atoms with Crippen LogP contribution < -0.4 is 5.32 Å².